The van der Waals surface area contributed by atoms with Crippen LogP contribution in [-0.2, 0) is 16.4 Å². The van der Waals surface area contributed by atoms with Crippen LogP contribution in [0, 0.1) is 0 Å². The Hall–Kier alpha value is -1.19. The number of nitrogens with zero attached hydrogens (tertiary/aromatic N) is 4. The molecule has 0 amide bonds. The van der Waals surface area contributed by atoms with Gasteiger partial charge in [-0.25, -0.2) is 8.42 Å². The first-order valence-corrected chi connectivity index (χ1v) is 10.5. The maximum absolute atomic E-state index is 12.9. The van der Waals surface area contributed by atoms with Crippen LogP contribution in [0.5, 0.6) is 0 Å². The topological polar surface area (TPSA) is 79.5 Å². The molecule has 1 fully saturated rings. The van der Waals surface area contributed by atoms with Crippen molar-refractivity contribution in [2.75, 3.05) is 26.2 Å². The van der Waals surface area contributed by atoms with Crippen LogP contribution < -0.4 is 0 Å². The maximum atomic E-state index is 12.9. The standard InChI is InChI=1S/C16H20Cl2N4O3S/c1-3-15-19-16(25-20-15)11(2)21-6-8-22(9-7-21)26(23,24)14-10-12(17)4-5-13(14)18/h4-5,10-11H,3,6-9H2,1-2H3/t11-/m1/s1. The molecule has 1 aromatic heterocycles. The first kappa shape index (κ1) is 19.6. The Morgan fingerprint density at radius 1 is 1.23 bits per heavy atom. The summed E-state index contributed by atoms with van der Waals surface area (Å²) in [6.45, 7) is 5.76. The Morgan fingerprint density at radius 3 is 2.54 bits per heavy atom. The molecular weight excluding hydrogens is 399 g/mol. The number of hydrogen-bond donors (Lipinski definition) is 0. The number of hydrogen-bond acceptors (Lipinski definition) is 6. The van der Waals surface area contributed by atoms with Crippen LogP contribution in [-0.4, -0.2) is 53.9 Å². The van der Waals surface area contributed by atoms with E-state index in [4.69, 9.17) is 27.7 Å². The summed E-state index contributed by atoms with van der Waals surface area (Å²) in [6, 6.07) is 4.38. The van der Waals surface area contributed by atoms with Crippen LogP contribution in [0.25, 0.3) is 0 Å². The summed E-state index contributed by atoms with van der Waals surface area (Å²) in [4.78, 5) is 6.52. The van der Waals surface area contributed by atoms with E-state index in [-0.39, 0.29) is 16.0 Å². The molecule has 0 radical (unpaired) electrons. The molecule has 0 bridgehead atoms. The molecule has 2 aromatic rings. The number of piperazine rings is 1. The molecule has 1 saturated heterocycles. The van der Waals surface area contributed by atoms with Crippen molar-refractivity contribution in [3.63, 3.8) is 0 Å². The van der Waals surface area contributed by atoms with E-state index in [0.717, 1.165) is 0 Å². The fourth-order valence-electron chi connectivity index (χ4n) is 2.88. The van der Waals surface area contributed by atoms with Gasteiger partial charge in [-0.3, -0.25) is 4.90 Å². The lowest BCUT2D eigenvalue weighted by Crippen LogP contribution is -2.49. The Morgan fingerprint density at radius 2 is 1.92 bits per heavy atom. The summed E-state index contributed by atoms with van der Waals surface area (Å²) in [7, 11) is -3.69. The van der Waals surface area contributed by atoms with E-state index < -0.39 is 10.0 Å². The number of sulfonamides is 1. The molecule has 0 N–H and O–H groups in total. The van der Waals surface area contributed by atoms with Crippen molar-refractivity contribution in [3.8, 4) is 0 Å². The minimum absolute atomic E-state index is 0.0395. The molecule has 1 aliphatic rings. The molecule has 10 heteroatoms. The van der Waals surface area contributed by atoms with Crippen molar-refractivity contribution in [2.24, 2.45) is 0 Å². The summed E-state index contributed by atoms with van der Waals surface area (Å²) < 4.78 is 32.5. The van der Waals surface area contributed by atoms with E-state index in [9.17, 15) is 8.42 Å². The highest BCUT2D eigenvalue weighted by molar-refractivity contribution is 7.89. The Labute approximate surface area is 162 Å². The third-order valence-corrected chi connectivity index (χ3v) is 7.10. The van der Waals surface area contributed by atoms with Crippen LogP contribution in [0.4, 0.5) is 0 Å². The first-order chi connectivity index (χ1) is 12.3. The molecule has 0 aliphatic carbocycles. The predicted molar refractivity (Wildman–Crippen MR) is 98.9 cm³/mol. The molecule has 0 spiro atoms. The van der Waals surface area contributed by atoms with Gasteiger partial charge in [-0.1, -0.05) is 35.3 Å². The smallest absolute Gasteiger partial charge is 0.244 e. The molecule has 3 rings (SSSR count). The van der Waals surface area contributed by atoms with Gasteiger partial charge in [0.1, 0.15) is 4.90 Å². The normalized spacial score (nSPS) is 18.2. The summed E-state index contributed by atoms with van der Waals surface area (Å²) in [5, 5.41) is 4.42. The average Bonchev–Trinajstić information content (AvgIpc) is 3.12. The van der Waals surface area contributed by atoms with Gasteiger partial charge < -0.3 is 4.52 Å². The summed E-state index contributed by atoms with van der Waals surface area (Å²) >= 11 is 12.0. The largest absolute Gasteiger partial charge is 0.338 e. The third-order valence-electron chi connectivity index (χ3n) is 4.49. The first-order valence-electron chi connectivity index (χ1n) is 8.34. The van der Waals surface area contributed by atoms with Gasteiger partial charge in [-0.05, 0) is 25.1 Å². The van der Waals surface area contributed by atoms with Crippen molar-refractivity contribution in [2.45, 2.75) is 31.2 Å². The van der Waals surface area contributed by atoms with E-state index in [1.54, 1.807) is 6.07 Å². The molecule has 1 aliphatic heterocycles. The minimum atomic E-state index is -3.69. The van der Waals surface area contributed by atoms with E-state index >= 15 is 0 Å². The second-order valence-corrected chi connectivity index (χ2v) is 8.84. The Bertz CT molecular complexity index is 879. The van der Waals surface area contributed by atoms with Gasteiger partial charge in [0.2, 0.25) is 15.9 Å². The lowest BCUT2D eigenvalue weighted by atomic mass is 10.2. The molecule has 0 saturated carbocycles. The van der Waals surface area contributed by atoms with Crippen molar-refractivity contribution in [3.05, 3.63) is 40.0 Å². The quantitative estimate of drug-likeness (QED) is 0.742. The molecule has 0 unspecified atom stereocenters. The van der Waals surface area contributed by atoms with Gasteiger partial charge in [0.05, 0.1) is 11.1 Å². The number of rotatable bonds is 5. The van der Waals surface area contributed by atoms with Crippen molar-refractivity contribution in [1.82, 2.24) is 19.3 Å². The van der Waals surface area contributed by atoms with Crippen LogP contribution in [0.3, 0.4) is 0 Å². The zero-order valence-electron chi connectivity index (χ0n) is 14.5. The van der Waals surface area contributed by atoms with Crippen molar-refractivity contribution in [1.29, 1.82) is 0 Å². The number of halogens is 2. The van der Waals surface area contributed by atoms with Gasteiger partial charge in [0, 0.05) is 37.6 Å². The Balaban J connectivity index is 1.70. The van der Waals surface area contributed by atoms with Crippen molar-refractivity contribution >= 4 is 33.2 Å². The average molecular weight is 419 g/mol. The van der Waals surface area contributed by atoms with Gasteiger partial charge in [-0.2, -0.15) is 9.29 Å². The van der Waals surface area contributed by atoms with Gasteiger partial charge in [0.15, 0.2) is 5.82 Å². The lowest BCUT2D eigenvalue weighted by molar-refractivity contribution is 0.124. The minimum Gasteiger partial charge on any atom is -0.338 e. The fourth-order valence-corrected chi connectivity index (χ4v) is 5.04. The van der Waals surface area contributed by atoms with Gasteiger partial charge >= 0.3 is 0 Å². The highest BCUT2D eigenvalue weighted by Gasteiger charge is 2.33. The van der Waals surface area contributed by atoms with E-state index in [1.165, 1.54) is 16.4 Å². The molecule has 26 heavy (non-hydrogen) atoms. The zero-order valence-corrected chi connectivity index (χ0v) is 16.9. The van der Waals surface area contributed by atoms with E-state index in [2.05, 4.69) is 15.0 Å². The zero-order chi connectivity index (χ0) is 18.9. The van der Waals surface area contributed by atoms with Gasteiger partial charge in [0.25, 0.3) is 0 Å². The second-order valence-electron chi connectivity index (χ2n) is 6.09. The monoisotopic (exact) mass is 418 g/mol. The third kappa shape index (κ3) is 3.89. The fraction of sp³-hybridized carbons (Fsp3) is 0.500. The van der Waals surface area contributed by atoms with Crippen LogP contribution in [0.1, 0.15) is 31.6 Å². The van der Waals surface area contributed by atoms with E-state index in [1.807, 2.05) is 13.8 Å². The SMILES string of the molecule is CCc1noc([C@@H](C)N2CCN(S(=O)(=O)c3cc(Cl)ccc3Cl)CC2)n1. The lowest BCUT2D eigenvalue weighted by Gasteiger charge is -2.36. The van der Waals surface area contributed by atoms with Crippen molar-refractivity contribution < 1.29 is 12.9 Å². The molecule has 1 atom stereocenters. The summed E-state index contributed by atoms with van der Waals surface area (Å²) in [6.07, 6.45) is 0.711. The van der Waals surface area contributed by atoms with Crippen LogP contribution in [0.15, 0.2) is 27.6 Å². The van der Waals surface area contributed by atoms with E-state index in [0.29, 0.717) is 49.3 Å². The molecule has 142 valence electrons. The highest BCUT2D eigenvalue weighted by atomic mass is 35.5. The number of benzene rings is 1. The number of aromatic nitrogens is 2. The van der Waals surface area contributed by atoms with Crippen LogP contribution >= 0.6 is 23.2 Å². The summed E-state index contributed by atoms with van der Waals surface area (Å²) in [5.41, 5.74) is 0. The number of aryl methyl sites for hydroxylation is 1. The highest BCUT2D eigenvalue weighted by Crippen LogP contribution is 2.29. The maximum Gasteiger partial charge on any atom is 0.244 e. The molecular formula is C16H20Cl2N4O3S. The van der Waals surface area contributed by atoms with Gasteiger partial charge in [-0.15, -0.1) is 0 Å². The van der Waals surface area contributed by atoms with Crippen LogP contribution in [0.2, 0.25) is 10.0 Å². The summed E-state index contributed by atoms with van der Waals surface area (Å²) in [5.74, 6) is 1.22. The predicted octanol–water partition coefficient (Wildman–Crippen LogP) is 3.01. The molecule has 7 nitrogen and oxygen atoms in total. The molecule has 2 heterocycles. The second kappa shape index (κ2) is 7.82. The molecule has 1 aromatic carbocycles. The Kier molecular flexibility index (Phi) is 5.88.